The van der Waals surface area contributed by atoms with E-state index in [9.17, 15) is 9.59 Å². The molecule has 0 aliphatic carbocycles. The first kappa shape index (κ1) is 21.9. The van der Waals surface area contributed by atoms with Crippen LogP contribution < -0.4 is 0 Å². The molecule has 0 radical (unpaired) electrons. The van der Waals surface area contributed by atoms with E-state index in [1.807, 2.05) is 81.1 Å². The lowest BCUT2D eigenvalue weighted by atomic mass is 9.99. The molecule has 2 aromatic carbocycles. The number of fused-ring (bicyclic) bond motifs is 1. The fraction of sp³-hybridized carbons (Fsp3) is 0.333. The number of hydrogen-bond donors (Lipinski definition) is 0. The van der Waals surface area contributed by atoms with Crippen LogP contribution in [-0.2, 0) is 11.3 Å². The van der Waals surface area contributed by atoms with Crippen molar-refractivity contribution in [3.05, 3.63) is 95.3 Å². The summed E-state index contributed by atoms with van der Waals surface area (Å²) >= 11 is 0. The first-order valence-corrected chi connectivity index (χ1v) is 11.1. The van der Waals surface area contributed by atoms with E-state index in [1.165, 1.54) is 0 Å². The molecule has 0 N–H and O–H groups in total. The molecular weight excluding hydrogens is 398 g/mol. The van der Waals surface area contributed by atoms with Crippen LogP contribution in [0.3, 0.4) is 0 Å². The summed E-state index contributed by atoms with van der Waals surface area (Å²) in [6, 6.07) is 21.6. The molecule has 0 bridgehead atoms. The molecule has 2 heterocycles. The molecule has 1 aromatic heterocycles. The quantitative estimate of drug-likeness (QED) is 0.605. The average molecular weight is 430 g/mol. The van der Waals surface area contributed by atoms with Gasteiger partial charge in [0.2, 0.25) is 5.91 Å². The molecule has 2 amide bonds. The van der Waals surface area contributed by atoms with Crippen molar-refractivity contribution in [3.63, 3.8) is 0 Å². The minimum absolute atomic E-state index is 0.0401. The summed E-state index contributed by atoms with van der Waals surface area (Å²) in [6.45, 7) is 9.32. The van der Waals surface area contributed by atoms with Crippen LogP contribution in [0, 0.1) is 6.92 Å². The van der Waals surface area contributed by atoms with Gasteiger partial charge in [-0.1, -0.05) is 48.0 Å². The van der Waals surface area contributed by atoms with Crippen LogP contribution in [0.5, 0.6) is 0 Å². The Morgan fingerprint density at radius 1 is 0.938 bits per heavy atom. The van der Waals surface area contributed by atoms with Crippen molar-refractivity contribution in [2.75, 3.05) is 13.1 Å². The summed E-state index contributed by atoms with van der Waals surface area (Å²) in [5, 5.41) is 0. The summed E-state index contributed by atoms with van der Waals surface area (Å²) in [6.07, 6.45) is 2.06. The van der Waals surface area contributed by atoms with Crippen LogP contribution in [0.15, 0.2) is 72.9 Å². The van der Waals surface area contributed by atoms with Crippen molar-refractivity contribution in [2.24, 2.45) is 0 Å². The third kappa shape index (κ3) is 4.33. The van der Waals surface area contributed by atoms with Crippen LogP contribution in [0.4, 0.5) is 0 Å². The number of nitrogens with zero attached hydrogens (tertiary/aromatic N) is 3. The summed E-state index contributed by atoms with van der Waals surface area (Å²) in [4.78, 5) is 30.7. The second kappa shape index (κ2) is 8.65. The first-order valence-electron chi connectivity index (χ1n) is 11.1. The van der Waals surface area contributed by atoms with Crippen LogP contribution in [-0.4, -0.2) is 44.8 Å². The monoisotopic (exact) mass is 429 g/mol. The Balaban J connectivity index is 1.64. The van der Waals surface area contributed by atoms with Crippen LogP contribution in [0.2, 0.25) is 0 Å². The fourth-order valence-electron chi connectivity index (χ4n) is 4.33. The number of benzene rings is 2. The maximum absolute atomic E-state index is 13.7. The van der Waals surface area contributed by atoms with Gasteiger partial charge in [0.05, 0.1) is 6.04 Å². The minimum Gasteiger partial charge on any atom is -0.348 e. The summed E-state index contributed by atoms with van der Waals surface area (Å²) in [5.41, 5.74) is 3.39. The Labute approximate surface area is 190 Å². The van der Waals surface area contributed by atoms with Crippen molar-refractivity contribution >= 4 is 11.8 Å². The molecule has 32 heavy (non-hydrogen) atoms. The molecule has 166 valence electrons. The second-order valence-electron chi connectivity index (χ2n) is 9.45. The highest BCUT2D eigenvalue weighted by Crippen LogP contribution is 2.33. The molecule has 1 aliphatic heterocycles. The molecule has 1 atom stereocenters. The van der Waals surface area contributed by atoms with E-state index in [4.69, 9.17) is 0 Å². The van der Waals surface area contributed by atoms with E-state index in [0.717, 1.165) is 23.4 Å². The fourth-order valence-corrected chi connectivity index (χ4v) is 4.33. The number of hydrogen-bond acceptors (Lipinski definition) is 2. The lowest BCUT2D eigenvalue weighted by Crippen LogP contribution is -2.53. The zero-order valence-electron chi connectivity index (χ0n) is 19.3. The molecule has 0 fully saturated rings. The number of carbonyl (C=O) groups excluding carboxylic acids is 2. The normalized spacial score (nSPS) is 15.9. The van der Waals surface area contributed by atoms with Crippen molar-refractivity contribution < 1.29 is 9.59 Å². The predicted molar refractivity (Wildman–Crippen MR) is 126 cm³/mol. The topological polar surface area (TPSA) is 45.6 Å². The molecule has 5 nitrogen and oxygen atoms in total. The number of carbonyl (C=O) groups is 2. The Morgan fingerprint density at radius 2 is 1.62 bits per heavy atom. The average Bonchev–Trinajstić information content (AvgIpc) is 3.25. The van der Waals surface area contributed by atoms with Gasteiger partial charge in [-0.2, -0.15) is 0 Å². The highest BCUT2D eigenvalue weighted by atomic mass is 16.2. The van der Waals surface area contributed by atoms with Gasteiger partial charge in [0.1, 0.15) is 6.54 Å². The second-order valence-corrected chi connectivity index (χ2v) is 9.45. The number of aryl methyl sites for hydroxylation is 1. The predicted octanol–water partition coefficient (Wildman–Crippen LogP) is 4.67. The van der Waals surface area contributed by atoms with E-state index >= 15 is 0 Å². The van der Waals surface area contributed by atoms with Gasteiger partial charge in [-0.3, -0.25) is 9.59 Å². The zero-order chi connectivity index (χ0) is 22.9. The van der Waals surface area contributed by atoms with Gasteiger partial charge >= 0.3 is 0 Å². The van der Waals surface area contributed by atoms with Crippen molar-refractivity contribution in [2.45, 2.75) is 45.8 Å². The highest BCUT2D eigenvalue weighted by molar-refractivity contribution is 5.97. The molecule has 4 rings (SSSR count). The van der Waals surface area contributed by atoms with Gasteiger partial charge in [-0.25, -0.2) is 0 Å². The lowest BCUT2D eigenvalue weighted by Gasteiger charge is -2.41. The largest absolute Gasteiger partial charge is 0.348 e. The first-order chi connectivity index (χ1) is 15.3. The molecule has 5 heteroatoms. The molecule has 1 unspecified atom stereocenters. The SMILES string of the molecule is Cc1ccc(C(=O)N(CC(=O)N2CCn3cccc3C2c2ccccc2)C(C)(C)C)cc1. The Bertz CT molecular complexity index is 1090. The zero-order valence-corrected chi connectivity index (χ0v) is 19.3. The summed E-state index contributed by atoms with van der Waals surface area (Å²) < 4.78 is 2.21. The van der Waals surface area contributed by atoms with Crippen LogP contribution >= 0.6 is 0 Å². The van der Waals surface area contributed by atoms with Gasteiger partial charge in [0, 0.05) is 36.1 Å². The van der Waals surface area contributed by atoms with E-state index in [-0.39, 0.29) is 24.4 Å². The van der Waals surface area contributed by atoms with Crippen molar-refractivity contribution in [1.29, 1.82) is 0 Å². The van der Waals surface area contributed by atoms with Gasteiger partial charge < -0.3 is 14.4 Å². The van der Waals surface area contributed by atoms with Crippen LogP contribution in [0.25, 0.3) is 0 Å². The van der Waals surface area contributed by atoms with E-state index < -0.39 is 5.54 Å². The molecule has 1 aliphatic rings. The molecule has 3 aromatic rings. The Kier molecular flexibility index (Phi) is 5.92. The van der Waals surface area contributed by atoms with E-state index in [0.29, 0.717) is 12.1 Å². The van der Waals surface area contributed by atoms with Crippen molar-refractivity contribution in [1.82, 2.24) is 14.4 Å². The third-order valence-electron chi connectivity index (χ3n) is 6.12. The van der Waals surface area contributed by atoms with Gasteiger partial charge in [0.25, 0.3) is 5.91 Å². The number of aromatic nitrogens is 1. The summed E-state index contributed by atoms with van der Waals surface area (Å²) in [7, 11) is 0. The van der Waals surface area contributed by atoms with E-state index in [2.05, 4.69) is 29.0 Å². The number of rotatable bonds is 4. The highest BCUT2D eigenvalue weighted by Gasteiger charge is 2.36. The van der Waals surface area contributed by atoms with Gasteiger partial charge in [0.15, 0.2) is 0 Å². The van der Waals surface area contributed by atoms with Crippen molar-refractivity contribution in [3.8, 4) is 0 Å². The number of amides is 2. The van der Waals surface area contributed by atoms with Gasteiger partial charge in [-0.05, 0) is 57.5 Å². The molecule has 0 spiro atoms. The minimum atomic E-state index is -0.490. The molecular formula is C27H31N3O2. The molecule has 0 saturated carbocycles. The summed E-state index contributed by atoms with van der Waals surface area (Å²) in [5.74, 6) is -0.163. The Morgan fingerprint density at radius 3 is 2.28 bits per heavy atom. The van der Waals surface area contributed by atoms with Crippen LogP contribution in [0.1, 0.15) is 54.0 Å². The van der Waals surface area contributed by atoms with E-state index in [1.54, 1.807) is 4.90 Å². The maximum Gasteiger partial charge on any atom is 0.254 e. The maximum atomic E-state index is 13.7. The third-order valence-corrected chi connectivity index (χ3v) is 6.12. The standard InChI is InChI=1S/C27H31N3O2/c1-20-12-14-22(15-13-20)26(32)30(27(2,3)4)19-24(31)29-18-17-28-16-8-11-23(28)25(29)21-9-6-5-7-10-21/h5-16,25H,17-19H2,1-4H3. The Hall–Kier alpha value is -3.34. The van der Waals surface area contributed by atoms with Gasteiger partial charge in [-0.15, -0.1) is 0 Å². The lowest BCUT2D eigenvalue weighted by molar-refractivity contribution is -0.135. The molecule has 0 saturated heterocycles. The smallest absolute Gasteiger partial charge is 0.254 e.